The summed E-state index contributed by atoms with van der Waals surface area (Å²) < 4.78 is 6.16. The topological polar surface area (TPSA) is 137 Å². The fourth-order valence-electron chi connectivity index (χ4n) is 4.35. The summed E-state index contributed by atoms with van der Waals surface area (Å²) >= 11 is 3.36. The van der Waals surface area contributed by atoms with Crippen LogP contribution in [0.25, 0.3) is 11.1 Å². The first kappa shape index (κ1) is 27.3. The molecule has 10 nitrogen and oxygen atoms in total. The Morgan fingerprint density at radius 1 is 1.02 bits per heavy atom. The maximum Gasteiger partial charge on any atom is 0.271 e. The van der Waals surface area contributed by atoms with Gasteiger partial charge in [0.15, 0.2) is 0 Å². The molecule has 0 aliphatic carbocycles. The van der Waals surface area contributed by atoms with Crippen molar-refractivity contribution in [3.63, 3.8) is 0 Å². The fraction of sp³-hybridized carbons (Fsp3) is 0.172. The summed E-state index contributed by atoms with van der Waals surface area (Å²) in [5, 5.41) is 16.1. The summed E-state index contributed by atoms with van der Waals surface area (Å²) in [5.74, 6) is -0.0466. The van der Waals surface area contributed by atoms with Crippen LogP contribution in [0.2, 0.25) is 0 Å². The monoisotopic (exact) mass is 603 g/mol. The number of ether oxygens (including phenoxy) is 1. The molecule has 1 saturated heterocycles. The molecule has 0 radical (unpaired) electrons. The minimum atomic E-state index is -0.371. The summed E-state index contributed by atoms with van der Waals surface area (Å²) in [5.41, 5.74) is 2.98. The van der Waals surface area contributed by atoms with Crippen LogP contribution >= 0.6 is 15.9 Å². The second kappa shape index (κ2) is 12.2. The SMILES string of the molecule is O=C(Nc1cccc(-c2c[nH]c(=O)c(Nc3ccc(C(=O)N4CCOCC4)cn3)c2)c1CO)c1ccc(Br)cc1. The highest BCUT2D eigenvalue weighted by Gasteiger charge is 2.19. The van der Waals surface area contributed by atoms with Gasteiger partial charge in [-0.3, -0.25) is 14.4 Å². The predicted octanol–water partition coefficient (Wildman–Crippen LogP) is 4.16. The van der Waals surface area contributed by atoms with E-state index in [9.17, 15) is 19.5 Å². The molecule has 4 aromatic rings. The third kappa shape index (κ3) is 6.12. The number of nitrogens with one attached hydrogen (secondary N) is 3. The normalized spacial score (nSPS) is 13.1. The number of morpholine rings is 1. The molecule has 5 rings (SSSR count). The molecule has 40 heavy (non-hydrogen) atoms. The van der Waals surface area contributed by atoms with E-state index in [0.717, 1.165) is 4.47 Å². The molecule has 2 aromatic heterocycles. The van der Waals surface area contributed by atoms with Gasteiger partial charge in [0.2, 0.25) is 0 Å². The van der Waals surface area contributed by atoms with Crippen molar-refractivity contribution in [2.45, 2.75) is 6.61 Å². The summed E-state index contributed by atoms with van der Waals surface area (Å²) in [7, 11) is 0. The molecule has 3 heterocycles. The van der Waals surface area contributed by atoms with E-state index in [2.05, 4.69) is 36.5 Å². The summed E-state index contributed by atoms with van der Waals surface area (Å²) in [6.45, 7) is 1.75. The Bertz CT molecular complexity index is 1580. The van der Waals surface area contributed by atoms with E-state index < -0.39 is 0 Å². The first-order valence-electron chi connectivity index (χ1n) is 12.6. The molecule has 0 spiro atoms. The van der Waals surface area contributed by atoms with E-state index in [0.29, 0.717) is 65.6 Å². The van der Waals surface area contributed by atoms with Gasteiger partial charge in [-0.05, 0) is 54.1 Å². The average molecular weight is 604 g/mol. The largest absolute Gasteiger partial charge is 0.392 e. The van der Waals surface area contributed by atoms with Crippen LogP contribution in [-0.4, -0.2) is 58.1 Å². The van der Waals surface area contributed by atoms with Gasteiger partial charge in [-0.2, -0.15) is 0 Å². The third-order valence-electron chi connectivity index (χ3n) is 6.47. The average Bonchev–Trinajstić information content (AvgIpc) is 2.99. The van der Waals surface area contributed by atoms with Gasteiger partial charge in [-0.25, -0.2) is 4.98 Å². The lowest BCUT2D eigenvalue weighted by molar-refractivity contribution is 0.0302. The second-order valence-corrected chi connectivity index (χ2v) is 9.96. The van der Waals surface area contributed by atoms with Gasteiger partial charge in [0.25, 0.3) is 17.4 Å². The zero-order valence-corrected chi connectivity index (χ0v) is 22.9. The van der Waals surface area contributed by atoms with Gasteiger partial charge >= 0.3 is 0 Å². The number of H-pyrrole nitrogens is 1. The Kier molecular flexibility index (Phi) is 8.34. The number of aromatic nitrogens is 2. The van der Waals surface area contributed by atoms with Gasteiger partial charge < -0.3 is 30.4 Å². The van der Waals surface area contributed by atoms with Crippen LogP contribution in [0.1, 0.15) is 26.3 Å². The van der Waals surface area contributed by atoms with Crippen LogP contribution in [0, 0.1) is 0 Å². The van der Waals surface area contributed by atoms with Crippen molar-refractivity contribution < 1.29 is 19.4 Å². The van der Waals surface area contributed by atoms with E-state index in [4.69, 9.17) is 4.74 Å². The van der Waals surface area contributed by atoms with E-state index in [-0.39, 0.29) is 29.7 Å². The Hall–Kier alpha value is -4.32. The molecule has 0 atom stereocenters. The molecule has 0 saturated carbocycles. The number of aliphatic hydroxyl groups excluding tert-OH is 1. The maximum absolute atomic E-state index is 12.8. The molecule has 204 valence electrons. The molecule has 2 aromatic carbocycles. The molecule has 0 unspecified atom stereocenters. The lowest BCUT2D eigenvalue weighted by Crippen LogP contribution is -2.40. The fourth-order valence-corrected chi connectivity index (χ4v) is 4.62. The van der Waals surface area contributed by atoms with Crippen LogP contribution in [0.3, 0.4) is 0 Å². The third-order valence-corrected chi connectivity index (χ3v) is 7.00. The number of halogens is 1. The van der Waals surface area contributed by atoms with Crippen molar-refractivity contribution in [1.29, 1.82) is 0 Å². The van der Waals surface area contributed by atoms with Crippen LogP contribution in [-0.2, 0) is 11.3 Å². The molecule has 0 bridgehead atoms. The number of hydrogen-bond acceptors (Lipinski definition) is 7. The van der Waals surface area contributed by atoms with Gasteiger partial charge in [0.1, 0.15) is 11.5 Å². The lowest BCUT2D eigenvalue weighted by atomic mass is 9.99. The number of aliphatic hydroxyl groups is 1. The van der Waals surface area contributed by atoms with Crippen molar-refractivity contribution in [2.24, 2.45) is 0 Å². The first-order valence-corrected chi connectivity index (χ1v) is 13.3. The number of aromatic amines is 1. The van der Waals surface area contributed by atoms with E-state index in [1.54, 1.807) is 71.8 Å². The van der Waals surface area contributed by atoms with Crippen LogP contribution in [0.5, 0.6) is 0 Å². The Morgan fingerprint density at radius 2 is 1.77 bits per heavy atom. The zero-order valence-electron chi connectivity index (χ0n) is 21.3. The van der Waals surface area contributed by atoms with Crippen LogP contribution in [0.15, 0.2) is 82.3 Å². The highest BCUT2D eigenvalue weighted by atomic mass is 79.9. The highest BCUT2D eigenvalue weighted by Crippen LogP contribution is 2.30. The van der Waals surface area contributed by atoms with Gasteiger partial charge in [0, 0.05) is 52.3 Å². The number of anilines is 3. The summed E-state index contributed by atoms with van der Waals surface area (Å²) in [6, 6.07) is 17.1. The minimum absolute atomic E-state index is 0.120. The molecular weight excluding hydrogens is 578 g/mol. The smallest absolute Gasteiger partial charge is 0.271 e. The van der Waals surface area contributed by atoms with E-state index >= 15 is 0 Å². The van der Waals surface area contributed by atoms with Crippen molar-refractivity contribution >= 4 is 44.9 Å². The zero-order chi connectivity index (χ0) is 28.1. The predicted molar refractivity (Wildman–Crippen MR) is 155 cm³/mol. The number of amides is 2. The van der Waals surface area contributed by atoms with Crippen molar-refractivity contribution in [1.82, 2.24) is 14.9 Å². The van der Waals surface area contributed by atoms with Gasteiger partial charge in [-0.15, -0.1) is 0 Å². The number of benzene rings is 2. The quantitative estimate of drug-likeness (QED) is 0.249. The molecule has 4 N–H and O–H groups in total. The minimum Gasteiger partial charge on any atom is -0.392 e. The summed E-state index contributed by atoms with van der Waals surface area (Å²) in [6.07, 6.45) is 3.01. The molecule has 11 heteroatoms. The van der Waals surface area contributed by atoms with E-state index in [1.165, 1.54) is 6.20 Å². The van der Waals surface area contributed by atoms with Crippen molar-refractivity contribution in [3.8, 4) is 11.1 Å². The number of carbonyl (C=O) groups excluding carboxylic acids is 2. The first-order chi connectivity index (χ1) is 19.4. The van der Waals surface area contributed by atoms with E-state index in [1.807, 2.05) is 0 Å². The Labute approximate surface area is 238 Å². The van der Waals surface area contributed by atoms with Crippen molar-refractivity contribution in [2.75, 3.05) is 36.9 Å². The number of carbonyl (C=O) groups is 2. The lowest BCUT2D eigenvalue weighted by Gasteiger charge is -2.26. The number of hydrogen-bond donors (Lipinski definition) is 4. The maximum atomic E-state index is 12.8. The molecular formula is C29H26BrN5O5. The summed E-state index contributed by atoms with van der Waals surface area (Å²) in [4.78, 5) is 46.8. The van der Waals surface area contributed by atoms with Crippen molar-refractivity contribution in [3.05, 3.63) is 105 Å². The Balaban J connectivity index is 1.36. The molecule has 2 amide bonds. The van der Waals surface area contributed by atoms with Crippen LogP contribution in [0.4, 0.5) is 17.2 Å². The molecule has 1 fully saturated rings. The number of rotatable bonds is 7. The number of nitrogens with zero attached hydrogens (tertiary/aromatic N) is 2. The molecule has 1 aliphatic heterocycles. The van der Waals surface area contributed by atoms with Crippen LogP contribution < -0.4 is 16.2 Å². The highest BCUT2D eigenvalue weighted by molar-refractivity contribution is 9.10. The molecule has 1 aliphatic rings. The van der Waals surface area contributed by atoms with Gasteiger partial charge in [0.05, 0.1) is 25.4 Å². The van der Waals surface area contributed by atoms with Gasteiger partial charge in [-0.1, -0.05) is 28.1 Å². The Morgan fingerprint density at radius 3 is 2.48 bits per heavy atom. The standard InChI is InChI=1S/C29H26BrN5O5/c30-21-7-4-18(5-8-21)27(37)34-24-3-1-2-22(23(24)17-36)20-14-25(28(38)32-16-20)33-26-9-6-19(15-31-26)29(39)35-10-12-40-13-11-35/h1-9,14-16,36H,10-13,17H2,(H,31,33)(H,32,38)(H,34,37). The number of pyridine rings is 2. The second-order valence-electron chi connectivity index (χ2n) is 9.04.